The number of amides is 1. The van der Waals surface area contributed by atoms with E-state index in [2.05, 4.69) is 63.3 Å². The first kappa shape index (κ1) is 26.6. The molecule has 4 aliphatic rings. The summed E-state index contributed by atoms with van der Waals surface area (Å²) in [5.41, 5.74) is 2.23. The van der Waals surface area contributed by atoms with Gasteiger partial charge in [-0.15, -0.1) is 11.3 Å². The zero-order chi connectivity index (χ0) is 26.5. The highest BCUT2D eigenvalue weighted by Crippen LogP contribution is 2.69. The molecule has 0 bridgehead atoms. The predicted molar refractivity (Wildman–Crippen MR) is 160 cm³/mol. The van der Waals surface area contributed by atoms with Gasteiger partial charge < -0.3 is 5.32 Å². The molecule has 4 saturated carbocycles. The van der Waals surface area contributed by atoms with Gasteiger partial charge in [-0.3, -0.25) is 4.79 Å². The lowest BCUT2D eigenvalue weighted by Crippen LogP contribution is -2.55. The first-order valence-electron chi connectivity index (χ1n) is 15.8. The molecule has 1 N–H and O–H groups in total. The topological polar surface area (TPSA) is 29.1 Å². The summed E-state index contributed by atoms with van der Waals surface area (Å²) in [5, 5.41) is 3.34. The molecule has 0 spiro atoms. The van der Waals surface area contributed by atoms with E-state index in [9.17, 15) is 4.79 Å². The van der Waals surface area contributed by atoms with Gasteiger partial charge in [-0.1, -0.05) is 77.3 Å². The van der Waals surface area contributed by atoms with Gasteiger partial charge in [-0.2, -0.15) is 0 Å². The largest absolute Gasteiger partial charge is 0.351 e. The number of carbonyl (C=O) groups excluding carboxylic acids is 1. The summed E-state index contributed by atoms with van der Waals surface area (Å²) < 4.78 is 0. The Hall–Kier alpha value is -1.61. The van der Waals surface area contributed by atoms with Crippen molar-refractivity contribution in [2.24, 2.45) is 52.3 Å². The molecule has 1 heterocycles. The monoisotopic (exact) mass is 531 g/mol. The van der Waals surface area contributed by atoms with Crippen molar-refractivity contribution in [1.82, 2.24) is 5.32 Å². The van der Waals surface area contributed by atoms with Crippen LogP contribution in [0.2, 0.25) is 0 Å². The molecule has 2 aromatic rings. The summed E-state index contributed by atoms with van der Waals surface area (Å²) in [7, 11) is 0. The SMILES string of the molecule is CC[C@H]1CC2C3CCC([C@H](C)CNC(=O)c4ccc(-c5ccccc5)s4)C3(C)CC[C@@H]2C2(C)CCCCC12. The van der Waals surface area contributed by atoms with Crippen LogP contribution in [0.5, 0.6) is 0 Å². The maximum absolute atomic E-state index is 13.1. The predicted octanol–water partition coefficient (Wildman–Crippen LogP) is 9.47. The lowest BCUT2D eigenvalue weighted by Gasteiger charge is -2.63. The van der Waals surface area contributed by atoms with Crippen LogP contribution in [0.4, 0.5) is 0 Å². The molecule has 206 valence electrons. The average molecular weight is 532 g/mol. The Morgan fingerprint density at radius 3 is 2.53 bits per heavy atom. The second-order valence-electron chi connectivity index (χ2n) is 14.1. The Morgan fingerprint density at radius 2 is 1.74 bits per heavy atom. The Balaban J connectivity index is 1.12. The van der Waals surface area contributed by atoms with E-state index in [1.165, 1.54) is 74.6 Å². The maximum Gasteiger partial charge on any atom is 0.261 e. The molecule has 0 saturated heterocycles. The molecule has 9 atom stereocenters. The number of rotatable bonds is 6. The van der Waals surface area contributed by atoms with Crippen molar-refractivity contribution in [3.05, 3.63) is 47.3 Å². The van der Waals surface area contributed by atoms with Gasteiger partial charge in [0.1, 0.15) is 0 Å². The number of hydrogen-bond acceptors (Lipinski definition) is 2. The molecular formula is C35H49NOS. The Labute approximate surface area is 235 Å². The Morgan fingerprint density at radius 1 is 0.947 bits per heavy atom. The van der Waals surface area contributed by atoms with Gasteiger partial charge in [-0.25, -0.2) is 0 Å². The van der Waals surface area contributed by atoms with Gasteiger partial charge in [0.15, 0.2) is 0 Å². The molecule has 6 rings (SSSR count). The highest BCUT2D eigenvalue weighted by Gasteiger charge is 2.61. The van der Waals surface area contributed by atoms with Crippen molar-refractivity contribution < 1.29 is 4.79 Å². The van der Waals surface area contributed by atoms with Crippen molar-refractivity contribution in [3.63, 3.8) is 0 Å². The quantitative estimate of drug-likeness (QED) is 0.395. The summed E-state index contributed by atoms with van der Waals surface area (Å²) >= 11 is 1.61. The van der Waals surface area contributed by atoms with Crippen LogP contribution in [0.1, 0.15) is 102 Å². The van der Waals surface area contributed by atoms with Crippen molar-refractivity contribution in [3.8, 4) is 10.4 Å². The molecule has 3 heteroatoms. The number of nitrogens with one attached hydrogen (secondary N) is 1. The fourth-order valence-electron chi connectivity index (χ4n) is 10.7. The fourth-order valence-corrected chi connectivity index (χ4v) is 11.6. The first-order chi connectivity index (χ1) is 18.3. The molecule has 0 radical (unpaired) electrons. The van der Waals surface area contributed by atoms with E-state index >= 15 is 0 Å². The summed E-state index contributed by atoms with van der Waals surface area (Å²) in [4.78, 5) is 15.1. The molecule has 2 nitrogen and oxygen atoms in total. The minimum absolute atomic E-state index is 0.0989. The minimum Gasteiger partial charge on any atom is -0.351 e. The van der Waals surface area contributed by atoms with Gasteiger partial charge >= 0.3 is 0 Å². The summed E-state index contributed by atoms with van der Waals surface area (Å²) in [6, 6.07) is 14.5. The van der Waals surface area contributed by atoms with E-state index in [0.29, 0.717) is 16.7 Å². The van der Waals surface area contributed by atoms with E-state index in [-0.39, 0.29) is 5.91 Å². The van der Waals surface area contributed by atoms with Crippen LogP contribution in [0.25, 0.3) is 10.4 Å². The van der Waals surface area contributed by atoms with Crippen molar-refractivity contribution >= 4 is 17.2 Å². The molecular weight excluding hydrogens is 482 g/mol. The fraction of sp³-hybridized carbons (Fsp3) is 0.686. The highest BCUT2D eigenvalue weighted by molar-refractivity contribution is 7.17. The smallest absolute Gasteiger partial charge is 0.261 e. The minimum atomic E-state index is 0.0989. The molecule has 4 aliphatic carbocycles. The zero-order valence-corrected chi connectivity index (χ0v) is 25.0. The van der Waals surface area contributed by atoms with Crippen molar-refractivity contribution in [2.75, 3.05) is 6.54 Å². The van der Waals surface area contributed by atoms with Crippen LogP contribution in [0.15, 0.2) is 42.5 Å². The van der Waals surface area contributed by atoms with E-state index in [4.69, 9.17) is 0 Å². The molecule has 38 heavy (non-hydrogen) atoms. The molecule has 4 fully saturated rings. The van der Waals surface area contributed by atoms with Gasteiger partial charge in [-0.05, 0) is 115 Å². The number of thiophene rings is 1. The normalized spacial score (nSPS) is 39.1. The van der Waals surface area contributed by atoms with Crippen LogP contribution in [0.3, 0.4) is 0 Å². The standard InChI is InChI=1S/C35H49NOS/c1-5-24-21-26-29-15-14-27(35(29,4)20-18-30(26)34(3)19-10-9-13-28(24)34)23(2)22-36-33(37)32-17-16-31(38-32)25-11-7-6-8-12-25/h6-8,11-12,16-17,23-24,26-30H,5,9-10,13-15,18-22H2,1-4H3,(H,36,37)/t23-,24+,26?,27?,28?,29?,30+,34?,35?/m1/s1. The van der Waals surface area contributed by atoms with Crippen molar-refractivity contribution in [1.29, 1.82) is 0 Å². The average Bonchev–Trinajstić information content (AvgIpc) is 3.56. The number of benzene rings is 1. The van der Waals surface area contributed by atoms with E-state index in [1.807, 2.05) is 12.1 Å². The highest BCUT2D eigenvalue weighted by atomic mass is 32.1. The third-order valence-corrected chi connectivity index (χ3v) is 13.6. The van der Waals surface area contributed by atoms with Crippen LogP contribution >= 0.6 is 11.3 Å². The lowest BCUT2D eigenvalue weighted by atomic mass is 9.42. The Bertz CT molecular complexity index is 1120. The molecule has 1 aromatic heterocycles. The van der Waals surface area contributed by atoms with Gasteiger partial charge in [0.25, 0.3) is 5.91 Å². The summed E-state index contributed by atoms with van der Waals surface area (Å²) in [6.45, 7) is 11.1. The summed E-state index contributed by atoms with van der Waals surface area (Å²) in [6.07, 6.45) is 14.4. The van der Waals surface area contributed by atoms with E-state index in [1.54, 1.807) is 11.3 Å². The van der Waals surface area contributed by atoms with Gasteiger partial charge in [0.05, 0.1) is 4.88 Å². The third-order valence-electron chi connectivity index (χ3n) is 12.5. The molecule has 1 aromatic carbocycles. The van der Waals surface area contributed by atoms with Gasteiger partial charge in [0, 0.05) is 11.4 Å². The molecule has 0 aliphatic heterocycles. The van der Waals surface area contributed by atoms with Crippen LogP contribution in [-0.2, 0) is 0 Å². The van der Waals surface area contributed by atoms with Crippen LogP contribution < -0.4 is 5.32 Å². The molecule has 1 amide bonds. The number of fused-ring (bicyclic) bond motifs is 5. The second kappa shape index (κ2) is 10.4. The maximum atomic E-state index is 13.1. The van der Waals surface area contributed by atoms with Crippen LogP contribution in [0, 0.1) is 52.3 Å². The van der Waals surface area contributed by atoms with Crippen LogP contribution in [-0.4, -0.2) is 12.5 Å². The number of hydrogen-bond donors (Lipinski definition) is 1. The van der Waals surface area contributed by atoms with E-state index in [0.717, 1.165) is 46.9 Å². The van der Waals surface area contributed by atoms with Crippen molar-refractivity contribution in [2.45, 2.75) is 91.9 Å². The summed E-state index contributed by atoms with van der Waals surface area (Å²) in [5.74, 6) is 6.08. The first-order valence-corrected chi connectivity index (χ1v) is 16.6. The van der Waals surface area contributed by atoms with Gasteiger partial charge in [0.2, 0.25) is 0 Å². The molecule has 6 unspecified atom stereocenters. The van der Waals surface area contributed by atoms with E-state index < -0.39 is 0 Å². The third kappa shape index (κ3) is 4.40. The zero-order valence-electron chi connectivity index (χ0n) is 24.2. The second-order valence-corrected chi connectivity index (χ2v) is 15.2. The Kier molecular flexibility index (Phi) is 7.29. The lowest BCUT2D eigenvalue weighted by molar-refractivity contribution is -0.137. The number of carbonyl (C=O) groups is 1.